The predicted octanol–water partition coefficient (Wildman–Crippen LogP) is 3.80. The number of phenols is 1. The van der Waals surface area contributed by atoms with Gasteiger partial charge < -0.3 is 46.4 Å². The zero-order valence-electron chi connectivity index (χ0n) is 28.6. The summed E-state index contributed by atoms with van der Waals surface area (Å²) in [6.45, 7) is 10.6. The molecule has 11 heteroatoms. The number of phenolic OH excluding ortho intramolecular Hbond substituents is 1. The molecule has 0 aliphatic heterocycles. The normalized spacial score (nSPS) is 26.8. The fourth-order valence-electron chi connectivity index (χ4n) is 6.72. The Bertz CT molecular complexity index is 1340. The van der Waals surface area contributed by atoms with E-state index >= 15 is 0 Å². The second-order valence-corrected chi connectivity index (χ2v) is 14.0. The Balaban J connectivity index is 2.21. The molecule has 8 N–H and O–H groups in total. The van der Waals surface area contributed by atoms with Gasteiger partial charge in [-0.25, -0.2) is 9.59 Å². The monoisotopic (exact) mass is 642 g/mol. The molecule has 0 radical (unpaired) electrons. The van der Waals surface area contributed by atoms with Crippen LogP contribution in [0, 0.1) is 6.92 Å². The topological polar surface area (TPSA) is 178 Å². The van der Waals surface area contributed by atoms with Crippen molar-refractivity contribution in [2.75, 3.05) is 26.0 Å². The van der Waals surface area contributed by atoms with Crippen LogP contribution in [0.5, 0.6) is 5.75 Å². The largest absolute Gasteiger partial charge is 0.507 e. The number of nitrogens with one attached hydrogen (secondary N) is 2. The quantitative estimate of drug-likeness (QED) is 0.134. The maximum absolute atomic E-state index is 13.4. The van der Waals surface area contributed by atoms with Crippen molar-refractivity contribution in [3.05, 3.63) is 59.2 Å². The zero-order chi connectivity index (χ0) is 34.7. The number of aryl methyl sites for hydroxylation is 1. The van der Waals surface area contributed by atoms with Crippen LogP contribution in [-0.4, -0.2) is 93.0 Å². The standard InChI is InChI=1S/C35H54N4O7/c1-9-10-11-12-20-34(45)33(44,21-46-30(42)27-22(2)14-13-15-26(27)41)29(37-25-18-16-24(17-19-25)32(4,5)6)28(36)35(34,23(3)40)38-31(43)39(7)8/h13-19,23,28-29,37,40-41,44-45H,9-12,20-21,36H2,1-8H3,(H,38,43)/t23-,28-,29-,33+,34-,35-/m0/s1. The van der Waals surface area contributed by atoms with Crippen LogP contribution in [0.25, 0.3) is 0 Å². The van der Waals surface area contributed by atoms with Crippen molar-refractivity contribution in [1.82, 2.24) is 10.2 Å². The van der Waals surface area contributed by atoms with Gasteiger partial charge in [0.2, 0.25) is 0 Å². The summed E-state index contributed by atoms with van der Waals surface area (Å²) in [4.78, 5) is 27.9. The van der Waals surface area contributed by atoms with Crippen LogP contribution in [0.3, 0.4) is 0 Å². The van der Waals surface area contributed by atoms with E-state index in [0.29, 0.717) is 24.1 Å². The number of hydrogen-bond donors (Lipinski definition) is 7. The number of carbonyl (C=O) groups excluding carboxylic acids is 2. The number of anilines is 1. The molecule has 1 fully saturated rings. The Morgan fingerprint density at radius 1 is 1.07 bits per heavy atom. The van der Waals surface area contributed by atoms with E-state index in [0.717, 1.165) is 18.4 Å². The van der Waals surface area contributed by atoms with Crippen molar-refractivity contribution in [1.29, 1.82) is 0 Å². The lowest BCUT2D eigenvalue weighted by atomic mass is 9.69. The van der Waals surface area contributed by atoms with E-state index in [1.165, 1.54) is 32.0 Å². The highest BCUT2D eigenvalue weighted by molar-refractivity contribution is 5.94. The van der Waals surface area contributed by atoms with E-state index in [1.807, 2.05) is 31.2 Å². The second kappa shape index (κ2) is 14.2. The highest BCUT2D eigenvalue weighted by Crippen LogP contribution is 2.52. The Morgan fingerprint density at radius 2 is 1.70 bits per heavy atom. The molecule has 46 heavy (non-hydrogen) atoms. The number of carbonyl (C=O) groups is 2. The van der Waals surface area contributed by atoms with Gasteiger partial charge in [0.1, 0.15) is 29.1 Å². The molecule has 1 saturated carbocycles. The number of unbranched alkanes of at least 4 members (excludes halogenated alkanes) is 3. The van der Waals surface area contributed by atoms with Crippen LogP contribution < -0.4 is 16.4 Å². The summed E-state index contributed by atoms with van der Waals surface area (Å²) in [6, 6.07) is 8.96. The maximum Gasteiger partial charge on any atom is 0.342 e. The zero-order valence-corrected chi connectivity index (χ0v) is 28.6. The highest BCUT2D eigenvalue weighted by atomic mass is 16.5. The van der Waals surface area contributed by atoms with Crippen LogP contribution in [0.1, 0.15) is 88.2 Å². The van der Waals surface area contributed by atoms with Gasteiger partial charge in [-0.15, -0.1) is 0 Å². The number of amides is 2. The summed E-state index contributed by atoms with van der Waals surface area (Å²) < 4.78 is 5.70. The molecule has 1 aliphatic carbocycles. The van der Waals surface area contributed by atoms with Crippen molar-refractivity contribution < 1.29 is 34.8 Å². The number of nitrogens with zero attached hydrogens (tertiary/aromatic N) is 1. The van der Waals surface area contributed by atoms with E-state index in [9.17, 15) is 30.0 Å². The third-order valence-corrected chi connectivity index (χ3v) is 9.52. The average Bonchev–Trinajstić information content (AvgIpc) is 3.10. The van der Waals surface area contributed by atoms with Gasteiger partial charge in [-0.3, -0.25) is 0 Å². The number of esters is 1. The van der Waals surface area contributed by atoms with Crippen molar-refractivity contribution in [3.8, 4) is 5.75 Å². The van der Waals surface area contributed by atoms with Crippen LogP contribution in [0.2, 0.25) is 0 Å². The highest BCUT2D eigenvalue weighted by Gasteiger charge is 2.77. The molecule has 0 unspecified atom stereocenters. The van der Waals surface area contributed by atoms with Gasteiger partial charge in [0.15, 0.2) is 5.60 Å². The summed E-state index contributed by atoms with van der Waals surface area (Å²) in [6.07, 6.45) is 1.35. The van der Waals surface area contributed by atoms with Crippen LogP contribution >= 0.6 is 0 Å². The molecular formula is C35H54N4O7. The molecule has 1 aliphatic rings. The molecule has 6 atom stereocenters. The summed E-state index contributed by atoms with van der Waals surface area (Å²) in [5, 5.41) is 53.6. The van der Waals surface area contributed by atoms with Crippen LogP contribution in [0.15, 0.2) is 42.5 Å². The van der Waals surface area contributed by atoms with E-state index in [4.69, 9.17) is 10.5 Å². The van der Waals surface area contributed by atoms with Gasteiger partial charge in [0.25, 0.3) is 0 Å². The average molecular weight is 643 g/mol. The van der Waals surface area contributed by atoms with Gasteiger partial charge in [-0.1, -0.05) is 77.6 Å². The van der Waals surface area contributed by atoms with Crippen molar-refractivity contribution in [3.63, 3.8) is 0 Å². The Hall–Kier alpha value is -3.38. The van der Waals surface area contributed by atoms with E-state index in [1.54, 1.807) is 19.1 Å². The smallest absolute Gasteiger partial charge is 0.342 e. The van der Waals surface area contributed by atoms with Crippen LogP contribution in [-0.2, 0) is 10.2 Å². The first-order valence-electron chi connectivity index (χ1n) is 16.1. The molecule has 0 spiro atoms. The third kappa shape index (κ3) is 6.83. The van der Waals surface area contributed by atoms with Gasteiger partial charge in [0, 0.05) is 19.8 Å². The fourth-order valence-corrected chi connectivity index (χ4v) is 6.72. The molecule has 2 aromatic carbocycles. The first-order valence-corrected chi connectivity index (χ1v) is 16.1. The summed E-state index contributed by atoms with van der Waals surface area (Å²) >= 11 is 0. The molecular weight excluding hydrogens is 588 g/mol. The minimum atomic E-state index is -2.34. The lowest BCUT2D eigenvalue weighted by Gasteiger charge is -2.50. The number of aromatic hydroxyl groups is 1. The SMILES string of the molecule is CCCCCC[C@@]1(O)[C@](NC(=O)N(C)C)([C@H](C)O)[C@@H](N)[C@H](Nc2ccc(C(C)(C)C)cc2)[C@]1(O)COC(=O)c1c(C)cccc1O. The number of urea groups is 1. The van der Waals surface area contributed by atoms with Gasteiger partial charge in [-0.2, -0.15) is 0 Å². The Kier molecular flexibility index (Phi) is 11.4. The van der Waals surface area contributed by atoms with Gasteiger partial charge in [0.05, 0.1) is 18.2 Å². The fraction of sp³-hybridized carbons (Fsp3) is 0.600. The molecule has 0 saturated heterocycles. The lowest BCUT2D eigenvalue weighted by Crippen LogP contribution is -2.77. The van der Waals surface area contributed by atoms with E-state index in [-0.39, 0.29) is 23.1 Å². The van der Waals surface area contributed by atoms with Crippen molar-refractivity contribution in [2.45, 2.75) is 114 Å². The molecule has 0 aromatic heterocycles. The Morgan fingerprint density at radius 3 is 2.22 bits per heavy atom. The number of rotatable bonds is 12. The Labute approximate surface area is 273 Å². The van der Waals surface area contributed by atoms with Crippen molar-refractivity contribution >= 4 is 17.7 Å². The summed E-state index contributed by atoms with van der Waals surface area (Å²) in [5.74, 6) is -1.20. The first-order chi connectivity index (χ1) is 21.4. The minimum Gasteiger partial charge on any atom is -0.507 e. The third-order valence-electron chi connectivity index (χ3n) is 9.52. The number of aliphatic hydroxyl groups is 3. The molecule has 11 nitrogen and oxygen atoms in total. The molecule has 0 bridgehead atoms. The molecule has 3 rings (SSSR count). The van der Waals surface area contributed by atoms with Gasteiger partial charge in [-0.05, 0) is 55.0 Å². The second-order valence-electron chi connectivity index (χ2n) is 14.0. The molecule has 2 amide bonds. The van der Waals surface area contributed by atoms with E-state index < -0.39 is 53.5 Å². The number of ether oxygens (including phenoxy) is 1. The summed E-state index contributed by atoms with van der Waals surface area (Å²) in [7, 11) is 3.03. The van der Waals surface area contributed by atoms with Gasteiger partial charge >= 0.3 is 12.0 Å². The van der Waals surface area contributed by atoms with Crippen LogP contribution in [0.4, 0.5) is 10.5 Å². The molecule has 2 aromatic rings. The maximum atomic E-state index is 13.4. The lowest BCUT2D eigenvalue weighted by molar-refractivity contribution is -0.199. The minimum absolute atomic E-state index is 0.0788. The number of hydrogen-bond acceptors (Lipinski definition) is 9. The molecule has 256 valence electrons. The number of benzene rings is 2. The first kappa shape index (κ1) is 37.1. The van der Waals surface area contributed by atoms with E-state index in [2.05, 4.69) is 31.4 Å². The number of aliphatic hydroxyl groups excluding tert-OH is 1. The molecule has 0 heterocycles. The van der Waals surface area contributed by atoms with Crippen molar-refractivity contribution in [2.24, 2.45) is 5.73 Å². The summed E-state index contributed by atoms with van der Waals surface area (Å²) in [5.41, 5.74) is 2.20. The predicted molar refractivity (Wildman–Crippen MR) is 179 cm³/mol. The number of nitrogens with two attached hydrogens (primary N) is 1.